The van der Waals surface area contributed by atoms with Gasteiger partial charge in [0.25, 0.3) is 0 Å². The SMILES string of the molecule is Cc1cn(Cc2cc(=O)[nH]c3c(F)cccc23)nc1-c1cccc(Cl)c1. The van der Waals surface area contributed by atoms with Gasteiger partial charge in [-0.2, -0.15) is 5.10 Å². The summed E-state index contributed by atoms with van der Waals surface area (Å²) in [5.41, 5.74) is 3.34. The topological polar surface area (TPSA) is 50.7 Å². The second-order valence-electron chi connectivity index (χ2n) is 6.19. The number of aryl methyl sites for hydroxylation is 1. The van der Waals surface area contributed by atoms with E-state index in [1.54, 1.807) is 16.8 Å². The number of para-hydroxylation sites is 1. The van der Waals surface area contributed by atoms with Crippen LogP contribution in [0.5, 0.6) is 0 Å². The zero-order valence-corrected chi connectivity index (χ0v) is 14.7. The fourth-order valence-corrected chi connectivity index (χ4v) is 3.33. The number of hydrogen-bond acceptors (Lipinski definition) is 2. The summed E-state index contributed by atoms with van der Waals surface area (Å²) in [6.45, 7) is 2.33. The van der Waals surface area contributed by atoms with Crippen molar-refractivity contribution in [1.82, 2.24) is 14.8 Å². The first kappa shape index (κ1) is 16.5. The molecular formula is C20H15ClFN3O. The van der Waals surface area contributed by atoms with Gasteiger partial charge in [0.1, 0.15) is 5.82 Å². The molecule has 0 bridgehead atoms. The summed E-state index contributed by atoms with van der Waals surface area (Å²) in [4.78, 5) is 14.5. The van der Waals surface area contributed by atoms with Crippen molar-refractivity contribution >= 4 is 22.5 Å². The van der Waals surface area contributed by atoms with Crippen LogP contribution in [0.25, 0.3) is 22.2 Å². The maximum Gasteiger partial charge on any atom is 0.248 e. The molecule has 4 rings (SSSR count). The first-order chi connectivity index (χ1) is 12.5. The lowest BCUT2D eigenvalue weighted by atomic mass is 10.1. The molecule has 130 valence electrons. The molecule has 26 heavy (non-hydrogen) atoms. The van der Waals surface area contributed by atoms with E-state index in [-0.39, 0.29) is 11.1 Å². The van der Waals surface area contributed by atoms with E-state index in [1.807, 2.05) is 37.4 Å². The minimum atomic E-state index is -0.447. The molecule has 0 aliphatic carbocycles. The van der Waals surface area contributed by atoms with Crippen molar-refractivity contribution < 1.29 is 4.39 Å². The molecule has 0 aliphatic heterocycles. The normalized spacial score (nSPS) is 11.2. The first-order valence-electron chi connectivity index (χ1n) is 8.12. The number of fused-ring (bicyclic) bond motifs is 1. The third-order valence-corrected chi connectivity index (χ3v) is 4.52. The van der Waals surface area contributed by atoms with Crippen molar-refractivity contribution in [2.24, 2.45) is 0 Å². The number of aromatic nitrogens is 3. The van der Waals surface area contributed by atoms with E-state index in [4.69, 9.17) is 11.6 Å². The molecule has 1 N–H and O–H groups in total. The van der Waals surface area contributed by atoms with E-state index in [2.05, 4.69) is 10.1 Å². The highest BCUT2D eigenvalue weighted by Gasteiger charge is 2.11. The highest BCUT2D eigenvalue weighted by molar-refractivity contribution is 6.30. The van der Waals surface area contributed by atoms with E-state index in [0.29, 0.717) is 22.5 Å². The predicted octanol–water partition coefficient (Wildman–Crippen LogP) is 4.54. The van der Waals surface area contributed by atoms with Crippen molar-refractivity contribution in [2.75, 3.05) is 0 Å². The maximum atomic E-state index is 14.0. The number of rotatable bonds is 3. The van der Waals surface area contributed by atoms with Gasteiger partial charge in [-0.15, -0.1) is 0 Å². The van der Waals surface area contributed by atoms with Gasteiger partial charge in [-0.3, -0.25) is 9.48 Å². The van der Waals surface area contributed by atoms with Crippen LogP contribution in [0, 0.1) is 12.7 Å². The zero-order chi connectivity index (χ0) is 18.3. The third kappa shape index (κ3) is 3.02. The average Bonchev–Trinajstić information content (AvgIpc) is 2.96. The van der Waals surface area contributed by atoms with Gasteiger partial charge in [0.2, 0.25) is 5.56 Å². The Balaban J connectivity index is 1.78. The number of aromatic amines is 1. The molecule has 0 unspecified atom stereocenters. The van der Waals surface area contributed by atoms with Crippen molar-refractivity contribution in [2.45, 2.75) is 13.5 Å². The van der Waals surface area contributed by atoms with Gasteiger partial charge in [0, 0.05) is 28.2 Å². The number of nitrogens with zero attached hydrogens (tertiary/aromatic N) is 2. The van der Waals surface area contributed by atoms with Gasteiger partial charge in [-0.05, 0) is 36.2 Å². The van der Waals surface area contributed by atoms with Crippen LogP contribution in [0.3, 0.4) is 0 Å². The molecule has 2 aromatic carbocycles. The molecule has 0 aliphatic rings. The molecule has 0 spiro atoms. The molecule has 2 aromatic heterocycles. The summed E-state index contributed by atoms with van der Waals surface area (Å²) in [6.07, 6.45) is 1.91. The number of nitrogens with one attached hydrogen (secondary N) is 1. The van der Waals surface area contributed by atoms with Gasteiger partial charge in [-0.25, -0.2) is 4.39 Å². The van der Waals surface area contributed by atoms with Crippen molar-refractivity contribution in [3.05, 3.63) is 87.0 Å². The Morgan fingerprint density at radius 3 is 2.81 bits per heavy atom. The molecule has 4 aromatic rings. The molecule has 0 amide bonds. The van der Waals surface area contributed by atoms with E-state index in [9.17, 15) is 9.18 Å². The Morgan fingerprint density at radius 1 is 1.19 bits per heavy atom. The largest absolute Gasteiger partial charge is 0.319 e. The molecule has 2 heterocycles. The lowest BCUT2D eigenvalue weighted by Crippen LogP contribution is -2.10. The minimum Gasteiger partial charge on any atom is -0.319 e. The molecule has 0 fully saturated rings. The van der Waals surface area contributed by atoms with E-state index < -0.39 is 5.82 Å². The average molecular weight is 368 g/mol. The quantitative estimate of drug-likeness (QED) is 0.578. The van der Waals surface area contributed by atoms with Gasteiger partial charge in [0.05, 0.1) is 17.8 Å². The lowest BCUT2D eigenvalue weighted by Gasteiger charge is -2.07. The van der Waals surface area contributed by atoms with Crippen LogP contribution in [-0.2, 0) is 6.54 Å². The Morgan fingerprint density at radius 2 is 2.00 bits per heavy atom. The molecule has 4 nitrogen and oxygen atoms in total. The number of benzene rings is 2. The maximum absolute atomic E-state index is 14.0. The monoisotopic (exact) mass is 367 g/mol. The van der Waals surface area contributed by atoms with Crippen LogP contribution in [0.2, 0.25) is 5.02 Å². The second kappa shape index (κ2) is 6.42. The predicted molar refractivity (Wildman–Crippen MR) is 101 cm³/mol. The van der Waals surface area contributed by atoms with Crippen LogP contribution in [0.4, 0.5) is 4.39 Å². The smallest absolute Gasteiger partial charge is 0.248 e. The van der Waals surface area contributed by atoms with Crippen molar-refractivity contribution in [1.29, 1.82) is 0 Å². The zero-order valence-electron chi connectivity index (χ0n) is 14.0. The number of pyridine rings is 1. The molecule has 0 saturated heterocycles. The van der Waals surface area contributed by atoms with Gasteiger partial charge in [0.15, 0.2) is 0 Å². The van der Waals surface area contributed by atoms with Crippen molar-refractivity contribution in [3.8, 4) is 11.3 Å². The second-order valence-corrected chi connectivity index (χ2v) is 6.63. The van der Waals surface area contributed by atoms with Crippen LogP contribution >= 0.6 is 11.6 Å². The highest BCUT2D eigenvalue weighted by Crippen LogP contribution is 2.25. The van der Waals surface area contributed by atoms with Crippen LogP contribution in [0.1, 0.15) is 11.1 Å². The number of H-pyrrole nitrogens is 1. The Hall–Kier alpha value is -2.92. The number of halogens is 2. The number of hydrogen-bond donors (Lipinski definition) is 1. The standard InChI is InChI=1S/C20H15ClFN3O/c1-12-10-25(24-19(12)13-4-2-5-15(21)8-13)11-14-9-18(26)23-20-16(14)6-3-7-17(20)22/h2-10H,11H2,1H3,(H,23,26). The summed E-state index contributed by atoms with van der Waals surface area (Å²) in [7, 11) is 0. The van der Waals surface area contributed by atoms with Gasteiger partial charge < -0.3 is 4.98 Å². The molecular weight excluding hydrogens is 353 g/mol. The third-order valence-electron chi connectivity index (χ3n) is 4.29. The molecule has 0 saturated carbocycles. The Kier molecular flexibility index (Phi) is 4.09. The summed E-state index contributed by atoms with van der Waals surface area (Å²) in [5.74, 6) is -0.447. The lowest BCUT2D eigenvalue weighted by molar-refractivity contribution is 0.635. The molecule has 6 heteroatoms. The van der Waals surface area contributed by atoms with Crippen molar-refractivity contribution in [3.63, 3.8) is 0 Å². The summed E-state index contributed by atoms with van der Waals surface area (Å²) < 4.78 is 15.8. The van der Waals surface area contributed by atoms with E-state index in [0.717, 1.165) is 16.8 Å². The minimum absolute atomic E-state index is 0.217. The first-order valence-corrected chi connectivity index (χ1v) is 8.49. The fourth-order valence-electron chi connectivity index (χ4n) is 3.14. The summed E-state index contributed by atoms with van der Waals surface area (Å²) in [6, 6.07) is 13.7. The highest BCUT2D eigenvalue weighted by atomic mass is 35.5. The molecule has 0 radical (unpaired) electrons. The Bertz CT molecular complexity index is 1180. The van der Waals surface area contributed by atoms with E-state index >= 15 is 0 Å². The van der Waals surface area contributed by atoms with Crippen LogP contribution in [-0.4, -0.2) is 14.8 Å². The van der Waals surface area contributed by atoms with Gasteiger partial charge >= 0.3 is 0 Å². The Labute approximate surface area is 153 Å². The van der Waals surface area contributed by atoms with E-state index in [1.165, 1.54) is 12.1 Å². The van der Waals surface area contributed by atoms with Crippen LogP contribution in [0.15, 0.2) is 59.5 Å². The van der Waals surface area contributed by atoms with Crippen LogP contribution < -0.4 is 5.56 Å². The summed E-state index contributed by atoms with van der Waals surface area (Å²) in [5, 5.41) is 5.94. The summed E-state index contributed by atoms with van der Waals surface area (Å²) >= 11 is 6.07. The molecule has 0 atom stereocenters. The fraction of sp³-hybridized carbons (Fsp3) is 0.100. The van der Waals surface area contributed by atoms with Gasteiger partial charge in [-0.1, -0.05) is 35.9 Å².